The van der Waals surface area contributed by atoms with E-state index < -0.39 is 21.7 Å². The van der Waals surface area contributed by atoms with Crippen molar-refractivity contribution in [1.82, 2.24) is 4.72 Å². The quantitative estimate of drug-likeness (QED) is 0.923. The highest BCUT2D eigenvalue weighted by atomic mass is 32.2. The van der Waals surface area contributed by atoms with Gasteiger partial charge < -0.3 is 0 Å². The van der Waals surface area contributed by atoms with Crippen LogP contribution in [-0.4, -0.2) is 8.42 Å². The molecule has 0 bridgehead atoms. The van der Waals surface area contributed by atoms with Gasteiger partial charge in [0.05, 0.1) is 5.75 Å². The molecule has 0 aliphatic rings. The number of nitrogens with one attached hydrogen (secondary N) is 1. The number of halogens is 2. The number of hydrogen-bond donors (Lipinski definition) is 1. The van der Waals surface area contributed by atoms with Gasteiger partial charge in [-0.3, -0.25) is 0 Å². The summed E-state index contributed by atoms with van der Waals surface area (Å²) in [5, 5.41) is 0. The third-order valence-corrected chi connectivity index (χ3v) is 4.23. The van der Waals surface area contributed by atoms with Crippen LogP contribution in [0, 0.1) is 18.6 Å². The first-order chi connectivity index (χ1) is 9.85. The van der Waals surface area contributed by atoms with Gasteiger partial charge in [0.1, 0.15) is 11.6 Å². The molecule has 21 heavy (non-hydrogen) atoms. The van der Waals surface area contributed by atoms with Gasteiger partial charge in [-0.05, 0) is 30.7 Å². The fourth-order valence-electron chi connectivity index (χ4n) is 1.94. The maximum Gasteiger partial charge on any atom is 0.216 e. The average Bonchev–Trinajstić information content (AvgIpc) is 2.39. The molecule has 0 radical (unpaired) electrons. The molecule has 0 saturated heterocycles. The predicted molar refractivity (Wildman–Crippen MR) is 77.0 cm³/mol. The summed E-state index contributed by atoms with van der Waals surface area (Å²) in [5.41, 5.74) is 1.57. The molecule has 2 rings (SSSR count). The molecule has 0 amide bonds. The zero-order valence-electron chi connectivity index (χ0n) is 11.4. The number of sulfonamides is 1. The lowest BCUT2D eigenvalue weighted by atomic mass is 10.2. The standard InChI is InChI=1S/C15H15F2NO2S/c1-11-3-2-4-12(7-11)10-21(19,20)18-9-13-8-14(16)5-6-15(13)17/h2-8,18H,9-10H2,1H3. The van der Waals surface area contributed by atoms with E-state index in [1.807, 2.05) is 13.0 Å². The van der Waals surface area contributed by atoms with Crippen LogP contribution >= 0.6 is 0 Å². The van der Waals surface area contributed by atoms with E-state index in [-0.39, 0.29) is 17.9 Å². The van der Waals surface area contributed by atoms with Crippen molar-refractivity contribution in [3.05, 3.63) is 70.8 Å². The second kappa shape index (κ2) is 6.32. The highest BCUT2D eigenvalue weighted by Gasteiger charge is 2.13. The van der Waals surface area contributed by atoms with Crippen molar-refractivity contribution in [2.24, 2.45) is 0 Å². The van der Waals surface area contributed by atoms with Gasteiger partial charge >= 0.3 is 0 Å². The Balaban J connectivity index is 2.06. The second-order valence-corrected chi connectivity index (χ2v) is 6.61. The van der Waals surface area contributed by atoms with E-state index in [1.54, 1.807) is 18.2 Å². The summed E-state index contributed by atoms with van der Waals surface area (Å²) in [4.78, 5) is 0. The van der Waals surface area contributed by atoms with Crippen molar-refractivity contribution in [3.8, 4) is 0 Å². The Labute approximate surface area is 122 Å². The van der Waals surface area contributed by atoms with Gasteiger partial charge in [-0.25, -0.2) is 21.9 Å². The Morgan fingerprint density at radius 2 is 1.86 bits per heavy atom. The summed E-state index contributed by atoms with van der Waals surface area (Å²) in [5.74, 6) is -1.45. The summed E-state index contributed by atoms with van der Waals surface area (Å²) in [6, 6.07) is 10.0. The van der Waals surface area contributed by atoms with Crippen LogP contribution in [0.2, 0.25) is 0 Å². The first-order valence-electron chi connectivity index (χ1n) is 6.32. The van der Waals surface area contributed by atoms with Crippen molar-refractivity contribution in [1.29, 1.82) is 0 Å². The largest absolute Gasteiger partial charge is 0.216 e. The fourth-order valence-corrected chi connectivity index (χ4v) is 3.03. The molecular weight excluding hydrogens is 296 g/mol. The normalized spacial score (nSPS) is 11.6. The van der Waals surface area contributed by atoms with Crippen LogP contribution in [0.3, 0.4) is 0 Å². The maximum absolute atomic E-state index is 13.4. The van der Waals surface area contributed by atoms with Gasteiger partial charge in [0, 0.05) is 12.1 Å². The summed E-state index contributed by atoms with van der Waals surface area (Å²) >= 11 is 0. The van der Waals surface area contributed by atoms with Crippen LogP contribution in [-0.2, 0) is 22.3 Å². The van der Waals surface area contributed by atoms with Crippen molar-refractivity contribution in [2.45, 2.75) is 19.2 Å². The van der Waals surface area contributed by atoms with Crippen molar-refractivity contribution >= 4 is 10.0 Å². The predicted octanol–water partition coefficient (Wildman–Crippen LogP) is 2.89. The summed E-state index contributed by atoms with van der Waals surface area (Å²) in [7, 11) is -3.62. The van der Waals surface area contributed by atoms with Gasteiger partial charge in [-0.1, -0.05) is 29.8 Å². The van der Waals surface area contributed by atoms with E-state index in [4.69, 9.17) is 0 Å². The number of aryl methyl sites for hydroxylation is 1. The van der Waals surface area contributed by atoms with Gasteiger partial charge in [0.15, 0.2) is 0 Å². The van der Waals surface area contributed by atoms with Crippen LogP contribution in [0.5, 0.6) is 0 Å². The zero-order valence-corrected chi connectivity index (χ0v) is 12.3. The molecule has 112 valence electrons. The first-order valence-corrected chi connectivity index (χ1v) is 7.98. The molecule has 3 nitrogen and oxygen atoms in total. The molecule has 0 aliphatic carbocycles. The molecule has 2 aromatic carbocycles. The smallest absolute Gasteiger partial charge is 0.212 e. The number of hydrogen-bond acceptors (Lipinski definition) is 2. The fraction of sp³-hybridized carbons (Fsp3) is 0.200. The molecule has 1 N–H and O–H groups in total. The molecule has 0 saturated carbocycles. The van der Waals surface area contributed by atoms with Gasteiger partial charge in [0.2, 0.25) is 10.0 Å². The third kappa shape index (κ3) is 4.61. The lowest BCUT2D eigenvalue weighted by Crippen LogP contribution is -2.25. The molecule has 0 unspecified atom stereocenters. The number of benzene rings is 2. The Kier molecular flexibility index (Phi) is 4.69. The topological polar surface area (TPSA) is 46.2 Å². The monoisotopic (exact) mass is 311 g/mol. The van der Waals surface area contributed by atoms with E-state index in [1.165, 1.54) is 0 Å². The highest BCUT2D eigenvalue weighted by molar-refractivity contribution is 7.88. The van der Waals surface area contributed by atoms with Crippen LogP contribution < -0.4 is 4.72 Å². The molecule has 2 aromatic rings. The van der Waals surface area contributed by atoms with Crippen molar-refractivity contribution < 1.29 is 17.2 Å². The molecule has 0 fully saturated rings. The molecule has 0 heterocycles. The van der Waals surface area contributed by atoms with Crippen molar-refractivity contribution in [3.63, 3.8) is 0 Å². The minimum Gasteiger partial charge on any atom is -0.212 e. The average molecular weight is 311 g/mol. The molecule has 6 heteroatoms. The second-order valence-electron chi connectivity index (χ2n) is 4.80. The highest BCUT2D eigenvalue weighted by Crippen LogP contribution is 2.11. The summed E-state index contributed by atoms with van der Waals surface area (Å²) in [6.45, 7) is 1.59. The van der Waals surface area contributed by atoms with Crippen LogP contribution in [0.15, 0.2) is 42.5 Å². The van der Waals surface area contributed by atoms with Gasteiger partial charge in [-0.2, -0.15) is 0 Å². The van der Waals surface area contributed by atoms with E-state index in [2.05, 4.69) is 4.72 Å². The third-order valence-electron chi connectivity index (χ3n) is 2.93. The zero-order chi connectivity index (χ0) is 15.5. The lowest BCUT2D eigenvalue weighted by Gasteiger charge is -2.08. The van der Waals surface area contributed by atoms with Gasteiger partial charge in [-0.15, -0.1) is 0 Å². The Bertz CT molecular complexity index is 745. The minimum absolute atomic E-state index is 0.0252. The maximum atomic E-state index is 13.4. The molecule has 0 atom stereocenters. The number of rotatable bonds is 5. The Hall–Kier alpha value is -1.79. The minimum atomic E-state index is -3.62. The lowest BCUT2D eigenvalue weighted by molar-refractivity contribution is 0.566. The van der Waals surface area contributed by atoms with Crippen molar-refractivity contribution in [2.75, 3.05) is 0 Å². The van der Waals surface area contributed by atoms with E-state index in [9.17, 15) is 17.2 Å². The first kappa shape index (κ1) is 15.6. The van der Waals surface area contributed by atoms with E-state index in [0.29, 0.717) is 5.56 Å². The summed E-state index contributed by atoms with van der Waals surface area (Å²) < 4.78 is 52.6. The van der Waals surface area contributed by atoms with Crippen LogP contribution in [0.25, 0.3) is 0 Å². The van der Waals surface area contributed by atoms with E-state index in [0.717, 1.165) is 23.8 Å². The summed E-state index contributed by atoms with van der Waals surface area (Å²) in [6.07, 6.45) is 0. The Morgan fingerprint density at radius 1 is 1.10 bits per heavy atom. The molecule has 0 spiro atoms. The molecule has 0 aromatic heterocycles. The molecule has 0 aliphatic heterocycles. The SMILES string of the molecule is Cc1cccc(CS(=O)(=O)NCc2cc(F)ccc2F)c1. The molecular formula is C15H15F2NO2S. The van der Waals surface area contributed by atoms with Crippen LogP contribution in [0.1, 0.15) is 16.7 Å². The van der Waals surface area contributed by atoms with Crippen LogP contribution in [0.4, 0.5) is 8.78 Å². The van der Waals surface area contributed by atoms with Gasteiger partial charge in [0.25, 0.3) is 0 Å². The van der Waals surface area contributed by atoms with E-state index >= 15 is 0 Å². The Morgan fingerprint density at radius 3 is 2.57 bits per heavy atom.